The summed E-state index contributed by atoms with van der Waals surface area (Å²) in [7, 11) is -2.73. The van der Waals surface area contributed by atoms with Crippen LogP contribution in [0, 0.1) is 6.92 Å². The van der Waals surface area contributed by atoms with Crippen molar-refractivity contribution in [1.82, 2.24) is 20.5 Å². The van der Waals surface area contributed by atoms with Gasteiger partial charge in [0.2, 0.25) is 0 Å². The van der Waals surface area contributed by atoms with Gasteiger partial charge in [-0.1, -0.05) is 29.8 Å². The SMILES string of the molecule is COc1cccc([C@@]2(C)NC(=O)N(NC(=O)NS(=O)(=O)c3ccc(C)cc3)C2=O)c1. The minimum Gasteiger partial charge on any atom is -0.497 e. The van der Waals surface area contributed by atoms with Gasteiger partial charge in [-0.15, -0.1) is 0 Å². The molecule has 1 aliphatic rings. The van der Waals surface area contributed by atoms with E-state index in [4.69, 9.17) is 4.74 Å². The van der Waals surface area contributed by atoms with E-state index in [1.54, 1.807) is 48.0 Å². The quantitative estimate of drug-likeness (QED) is 0.611. The number of imide groups is 1. The summed E-state index contributed by atoms with van der Waals surface area (Å²) in [5, 5.41) is 2.92. The lowest BCUT2D eigenvalue weighted by molar-refractivity contribution is -0.132. The molecule has 2 aromatic rings. The summed E-state index contributed by atoms with van der Waals surface area (Å²) in [6, 6.07) is 10.2. The van der Waals surface area contributed by atoms with Crippen LogP contribution in [-0.4, -0.2) is 38.5 Å². The molecule has 11 heteroatoms. The van der Waals surface area contributed by atoms with E-state index in [0.29, 0.717) is 16.3 Å². The van der Waals surface area contributed by atoms with Crippen molar-refractivity contribution in [3.8, 4) is 5.75 Å². The van der Waals surface area contributed by atoms with Crippen LogP contribution < -0.4 is 20.2 Å². The minimum absolute atomic E-state index is 0.137. The first-order valence-corrected chi connectivity index (χ1v) is 10.3. The molecule has 0 unspecified atom stereocenters. The lowest BCUT2D eigenvalue weighted by Crippen LogP contribution is -2.52. The van der Waals surface area contributed by atoms with Crippen molar-refractivity contribution < 1.29 is 27.5 Å². The Kier molecular flexibility index (Phi) is 5.40. The second-order valence-corrected chi connectivity index (χ2v) is 8.47. The molecule has 1 heterocycles. The van der Waals surface area contributed by atoms with Crippen molar-refractivity contribution in [2.24, 2.45) is 0 Å². The number of rotatable bonds is 5. The van der Waals surface area contributed by atoms with Crippen LogP contribution in [0.2, 0.25) is 0 Å². The maximum Gasteiger partial charge on any atom is 0.348 e. The Labute approximate surface area is 173 Å². The number of benzene rings is 2. The molecule has 2 aromatic carbocycles. The number of urea groups is 2. The first-order chi connectivity index (χ1) is 14.1. The number of sulfonamides is 1. The fourth-order valence-electron chi connectivity index (χ4n) is 2.89. The molecule has 10 nitrogen and oxygen atoms in total. The molecule has 0 saturated carbocycles. The largest absolute Gasteiger partial charge is 0.497 e. The van der Waals surface area contributed by atoms with Crippen LogP contribution in [0.4, 0.5) is 9.59 Å². The highest BCUT2D eigenvalue weighted by Gasteiger charge is 2.50. The van der Waals surface area contributed by atoms with Gasteiger partial charge in [0.1, 0.15) is 11.3 Å². The van der Waals surface area contributed by atoms with Crippen molar-refractivity contribution in [1.29, 1.82) is 0 Å². The van der Waals surface area contributed by atoms with Crippen molar-refractivity contribution in [2.75, 3.05) is 7.11 Å². The van der Waals surface area contributed by atoms with E-state index in [2.05, 4.69) is 5.32 Å². The molecule has 30 heavy (non-hydrogen) atoms. The monoisotopic (exact) mass is 432 g/mol. The highest BCUT2D eigenvalue weighted by atomic mass is 32.2. The lowest BCUT2D eigenvalue weighted by atomic mass is 9.92. The summed E-state index contributed by atoms with van der Waals surface area (Å²) in [6.45, 7) is 3.25. The van der Waals surface area contributed by atoms with E-state index in [0.717, 1.165) is 5.56 Å². The fourth-order valence-corrected chi connectivity index (χ4v) is 3.80. The molecule has 0 radical (unpaired) electrons. The highest BCUT2D eigenvalue weighted by Crippen LogP contribution is 2.30. The van der Waals surface area contributed by atoms with Gasteiger partial charge in [0.15, 0.2) is 0 Å². The van der Waals surface area contributed by atoms with Crippen LogP contribution >= 0.6 is 0 Å². The maximum atomic E-state index is 12.9. The Morgan fingerprint density at radius 1 is 1.13 bits per heavy atom. The zero-order chi connectivity index (χ0) is 22.1. The third-order valence-corrected chi connectivity index (χ3v) is 5.96. The molecule has 0 aliphatic carbocycles. The number of amides is 5. The van der Waals surface area contributed by atoms with Gasteiger partial charge in [0.25, 0.3) is 15.9 Å². The Bertz CT molecular complexity index is 1120. The number of methoxy groups -OCH3 is 1. The van der Waals surface area contributed by atoms with Crippen molar-refractivity contribution in [3.05, 3.63) is 59.7 Å². The summed E-state index contributed by atoms with van der Waals surface area (Å²) >= 11 is 0. The third kappa shape index (κ3) is 3.92. The molecule has 0 aromatic heterocycles. The van der Waals surface area contributed by atoms with Gasteiger partial charge in [0, 0.05) is 0 Å². The molecule has 1 fully saturated rings. The molecule has 1 saturated heterocycles. The molecule has 0 spiro atoms. The Morgan fingerprint density at radius 3 is 2.43 bits per heavy atom. The van der Waals surface area contributed by atoms with Crippen LogP contribution in [0.1, 0.15) is 18.1 Å². The zero-order valence-electron chi connectivity index (χ0n) is 16.4. The summed E-state index contributed by atoms with van der Waals surface area (Å²) in [4.78, 5) is 37.2. The molecular weight excluding hydrogens is 412 g/mol. The van der Waals surface area contributed by atoms with Gasteiger partial charge in [-0.25, -0.2) is 28.2 Å². The second-order valence-electron chi connectivity index (χ2n) is 6.79. The van der Waals surface area contributed by atoms with Crippen molar-refractivity contribution in [3.63, 3.8) is 0 Å². The van der Waals surface area contributed by atoms with Crippen LogP contribution in [0.25, 0.3) is 0 Å². The topological polar surface area (TPSA) is 134 Å². The average molecular weight is 432 g/mol. The van der Waals surface area contributed by atoms with Gasteiger partial charge in [-0.05, 0) is 43.7 Å². The van der Waals surface area contributed by atoms with Crippen LogP contribution in [0.3, 0.4) is 0 Å². The first kappa shape index (κ1) is 21.1. The van der Waals surface area contributed by atoms with Gasteiger partial charge >= 0.3 is 12.1 Å². The fraction of sp³-hybridized carbons (Fsp3) is 0.211. The molecule has 3 rings (SSSR count). The number of ether oxygens (including phenoxy) is 1. The number of carbonyl (C=O) groups excluding carboxylic acids is 3. The van der Waals surface area contributed by atoms with Gasteiger partial charge < -0.3 is 10.1 Å². The number of nitrogens with one attached hydrogen (secondary N) is 3. The number of hydrogen-bond acceptors (Lipinski definition) is 6. The number of nitrogens with zero attached hydrogens (tertiary/aromatic N) is 1. The number of hydrogen-bond donors (Lipinski definition) is 3. The molecule has 1 atom stereocenters. The number of hydrazine groups is 1. The lowest BCUT2D eigenvalue weighted by Gasteiger charge is -2.22. The first-order valence-electron chi connectivity index (χ1n) is 8.78. The molecule has 0 bridgehead atoms. The van der Waals surface area contributed by atoms with Crippen molar-refractivity contribution >= 4 is 28.0 Å². The average Bonchev–Trinajstić information content (AvgIpc) is 2.92. The predicted molar refractivity (Wildman–Crippen MR) is 106 cm³/mol. The Hall–Kier alpha value is -3.60. The standard InChI is InChI=1S/C19H20N4O6S/c1-12-7-9-15(10-8-12)30(27,28)22-17(25)21-23-16(24)19(2,20-18(23)26)13-5-4-6-14(11-13)29-3/h4-11H,1-3H3,(H,20,26)(H2,21,22,25)/t19-/m1/s1. The smallest absolute Gasteiger partial charge is 0.348 e. The molecule has 5 amide bonds. The summed E-state index contributed by atoms with van der Waals surface area (Å²) in [5.41, 5.74) is 1.77. The second kappa shape index (κ2) is 7.67. The van der Waals surface area contributed by atoms with Gasteiger partial charge in [0.05, 0.1) is 12.0 Å². The summed E-state index contributed by atoms with van der Waals surface area (Å²) in [6.07, 6.45) is 0. The molecule has 1 aliphatic heterocycles. The van der Waals surface area contributed by atoms with E-state index in [-0.39, 0.29) is 4.90 Å². The van der Waals surface area contributed by atoms with E-state index >= 15 is 0 Å². The van der Waals surface area contributed by atoms with E-state index in [1.807, 2.05) is 5.43 Å². The molecule has 158 valence electrons. The Balaban J connectivity index is 1.76. The zero-order valence-corrected chi connectivity index (χ0v) is 17.2. The van der Waals surface area contributed by atoms with Gasteiger partial charge in [-0.2, -0.15) is 5.01 Å². The number of carbonyl (C=O) groups is 3. The predicted octanol–water partition coefficient (Wildman–Crippen LogP) is 1.37. The van der Waals surface area contributed by atoms with E-state index in [9.17, 15) is 22.8 Å². The third-order valence-electron chi connectivity index (χ3n) is 4.61. The van der Waals surface area contributed by atoms with Crippen LogP contribution in [0.15, 0.2) is 53.4 Å². The minimum atomic E-state index is -4.19. The Morgan fingerprint density at radius 2 is 1.80 bits per heavy atom. The molecular formula is C19H20N4O6S. The summed E-state index contributed by atoms with van der Waals surface area (Å²) < 4.78 is 31.5. The van der Waals surface area contributed by atoms with Crippen LogP contribution in [0.5, 0.6) is 5.75 Å². The van der Waals surface area contributed by atoms with E-state index in [1.165, 1.54) is 26.2 Å². The molecule has 3 N–H and O–H groups in total. The maximum absolute atomic E-state index is 12.9. The van der Waals surface area contributed by atoms with Crippen molar-refractivity contribution in [2.45, 2.75) is 24.3 Å². The van der Waals surface area contributed by atoms with E-state index < -0.39 is 33.5 Å². The normalized spacial score (nSPS) is 18.7. The van der Waals surface area contributed by atoms with Crippen LogP contribution in [-0.2, 0) is 20.4 Å². The van der Waals surface area contributed by atoms with Gasteiger partial charge in [-0.3, -0.25) is 4.79 Å². The number of aryl methyl sites for hydroxylation is 1. The highest BCUT2D eigenvalue weighted by molar-refractivity contribution is 7.90. The summed E-state index contributed by atoms with van der Waals surface area (Å²) in [5.74, 6) is -0.312.